The minimum Gasteiger partial charge on any atom is -0.356 e. The van der Waals surface area contributed by atoms with Gasteiger partial charge >= 0.3 is 0 Å². The molecule has 2 aromatic carbocycles. The molecule has 1 aliphatic rings. The minimum absolute atomic E-state index is 0.0993. The van der Waals surface area contributed by atoms with E-state index >= 15 is 0 Å². The lowest BCUT2D eigenvalue weighted by Crippen LogP contribution is -2.33. The Kier molecular flexibility index (Phi) is 6.35. The van der Waals surface area contributed by atoms with Crippen molar-refractivity contribution in [2.75, 3.05) is 18.0 Å². The Hall–Kier alpha value is -3.48. The molecule has 0 aliphatic carbocycles. The fourth-order valence-electron chi connectivity index (χ4n) is 4.04. The van der Waals surface area contributed by atoms with Gasteiger partial charge in [0, 0.05) is 25.7 Å². The van der Waals surface area contributed by atoms with Crippen LogP contribution in [0.5, 0.6) is 0 Å². The minimum atomic E-state index is -0.467. The summed E-state index contributed by atoms with van der Waals surface area (Å²) >= 11 is 0. The first-order valence-corrected chi connectivity index (χ1v) is 10.9. The average molecular weight is 435 g/mol. The highest BCUT2D eigenvalue weighted by atomic mass is 19.1. The fourth-order valence-corrected chi connectivity index (χ4v) is 4.04. The maximum Gasteiger partial charge on any atom is 0.227 e. The molecule has 0 saturated carbocycles. The molecule has 1 atom stereocenters. The van der Waals surface area contributed by atoms with E-state index in [9.17, 15) is 14.0 Å². The largest absolute Gasteiger partial charge is 0.356 e. The van der Waals surface area contributed by atoms with Gasteiger partial charge in [-0.25, -0.2) is 9.07 Å². The van der Waals surface area contributed by atoms with Gasteiger partial charge in [-0.15, -0.1) is 0 Å². The number of aromatic nitrogens is 2. The maximum absolute atomic E-state index is 14.3. The lowest BCUT2D eigenvalue weighted by atomic mass is 10.1. The number of hydrogen-bond donors (Lipinski definition) is 1. The fraction of sp³-hybridized carbons (Fsp3) is 0.320. The van der Waals surface area contributed by atoms with Crippen LogP contribution in [-0.4, -0.2) is 34.7 Å². The number of nitrogens with zero attached hydrogens (tertiary/aromatic N) is 3. The number of halogens is 1. The van der Waals surface area contributed by atoms with E-state index in [0.29, 0.717) is 6.54 Å². The zero-order chi connectivity index (χ0) is 22.7. The second-order valence-electron chi connectivity index (χ2n) is 8.27. The van der Waals surface area contributed by atoms with Crippen molar-refractivity contribution in [3.8, 4) is 5.69 Å². The van der Waals surface area contributed by atoms with E-state index in [2.05, 4.69) is 10.4 Å². The van der Waals surface area contributed by atoms with Crippen LogP contribution in [0.1, 0.15) is 29.7 Å². The van der Waals surface area contributed by atoms with Crippen molar-refractivity contribution in [3.05, 3.63) is 77.4 Å². The quantitative estimate of drug-likeness (QED) is 0.576. The Bertz CT molecular complexity index is 1130. The highest BCUT2D eigenvalue weighted by Gasteiger charge is 2.36. The highest BCUT2D eigenvalue weighted by Crippen LogP contribution is 2.28. The molecule has 0 radical (unpaired) electrons. The summed E-state index contributed by atoms with van der Waals surface area (Å²) in [5.41, 5.74) is 4.15. The van der Waals surface area contributed by atoms with E-state index in [1.807, 2.05) is 48.1 Å². The molecule has 1 unspecified atom stereocenters. The zero-order valence-corrected chi connectivity index (χ0v) is 18.3. The van der Waals surface area contributed by atoms with Gasteiger partial charge in [0.25, 0.3) is 0 Å². The Morgan fingerprint density at radius 3 is 2.72 bits per heavy atom. The molecule has 1 aromatic heterocycles. The van der Waals surface area contributed by atoms with E-state index in [1.54, 1.807) is 19.1 Å². The van der Waals surface area contributed by atoms with E-state index in [0.717, 1.165) is 35.3 Å². The third-order valence-corrected chi connectivity index (χ3v) is 5.83. The van der Waals surface area contributed by atoms with Crippen LogP contribution in [0.25, 0.3) is 5.69 Å². The van der Waals surface area contributed by atoms with Gasteiger partial charge in [0.15, 0.2) is 0 Å². The molecule has 1 saturated heterocycles. The maximum atomic E-state index is 14.3. The Morgan fingerprint density at radius 2 is 1.97 bits per heavy atom. The van der Waals surface area contributed by atoms with Crippen molar-refractivity contribution < 1.29 is 14.0 Å². The van der Waals surface area contributed by atoms with Crippen LogP contribution < -0.4 is 10.2 Å². The summed E-state index contributed by atoms with van der Waals surface area (Å²) in [6.45, 7) is 4.49. The van der Waals surface area contributed by atoms with Gasteiger partial charge in [-0.3, -0.25) is 9.59 Å². The lowest BCUT2D eigenvalue weighted by Gasteiger charge is -2.17. The molecular weight excluding hydrogens is 407 g/mol. The average Bonchev–Trinajstić information content (AvgIpc) is 3.34. The number of benzene rings is 2. The van der Waals surface area contributed by atoms with Crippen molar-refractivity contribution >= 4 is 17.5 Å². The number of amides is 2. The second kappa shape index (κ2) is 9.34. The summed E-state index contributed by atoms with van der Waals surface area (Å²) in [7, 11) is 0. The molecule has 1 fully saturated rings. The van der Waals surface area contributed by atoms with E-state index in [-0.39, 0.29) is 30.5 Å². The molecule has 4 rings (SSSR count). The third-order valence-electron chi connectivity index (χ3n) is 5.83. The number of para-hydroxylation sites is 1. The predicted octanol–water partition coefficient (Wildman–Crippen LogP) is 3.73. The molecule has 6 nitrogen and oxygen atoms in total. The van der Waals surface area contributed by atoms with Crippen LogP contribution in [0, 0.1) is 25.6 Å². The molecule has 2 heterocycles. The molecule has 1 aliphatic heterocycles. The van der Waals surface area contributed by atoms with Crippen molar-refractivity contribution in [2.24, 2.45) is 5.92 Å². The highest BCUT2D eigenvalue weighted by molar-refractivity contribution is 6.00. The summed E-state index contributed by atoms with van der Waals surface area (Å²) in [5, 5.41) is 7.50. The van der Waals surface area contributed by atoms with Gasteiger partial charge in [-0.2, -0.15) is 5.10 Å². The standard InChI is InChI=1S/C25H27FN4O2/c1-17-10-11-23(22(26)13-17)29-15-20(14-24(29)31)25(32)27-12-6-7-19-16-30(28-18(19)2)21-8-4-3-5-9-21/h3-5,8-11,13,16,20H,6-7,12,14-15H2,1-2H3,(H,27,32). The lowest BCUT2D eigenvalue weighted by molar-refractivity contribution is -0.126. The van der Waals surface area contributed by atoms with Crippen LogP contribution in [0.4, 0.5) is 10.1 Å². The normalized spacial score (nSPS) is 15.9. The van der Waals surface area contributed by atoms with Crippen molar-refractivity contribution in [1.29, 1.82) is 0 Å². The molecule has 0 bridgehead atoms. The Morgan fingerprint density at radius 1 is 1.19 bits per heavy atom. The van der Waals surface area contributed by atoms with Crippen LogP contribution in [0.2, 0.25) is 0 Å². The summed E-state index contributed by atoms with van der Waals surface area (Å²) in [4.78, 5) is 26.3. The first-order valence-electron chi connectivity index (χ1n) is 10.9. The number of carbonyl (C=O) groups excluding carboxylic acids is 2. The summed E-state index contributed by atoms with van der Waals surface area (Å²) in [6, 6.07) is 14.7. The van der Waals surface area contributed by atoms with Gasteiger partial charge in [-0.05, 0) is 62.1 Å². The van der Waals surface area contributed by atoms with Gasteiger partial charge in [0.2, 0.25) is 11.8 Å². The number of rotatable bonds is 7. The molecular formula is C25H27FN4O2. The van der Waals surface area contributed by atoms with Crippen molar-refractivity contribution in [3.63, 3.8) is 0 Å². The molecule has 166 valence electrons. The number of hydrogen-bond acceptors (Lipinski definition) is 3. The summed E-state index contributed by atoms with van der Waals surface area (Å²) in [6.07, 6.45) is 3.69. The Balaban J connectivity index is 1.28. The third kappa shape index (κ3) is 4.72. The summed E-state index contributed by atoms with van der Waals surface area (Å²) in [5.74, 6) is -1.29. The van der Waals surface area contributed by atoms with E-state index < -0.39 is 11.7 Å². The zero-order valence-electron chi connectivity index (χ0n) is 18.3. The van der Waals surface area contributed by atoms with Crippen LogP contribution >= 0.6 is 0 Å². The van der Waals surface area contributed by atoms with Crippen molar-refractivity contribution in [1.82, 2.24) is 15.1 Å². The first kappa shape index (κ1) is 21.7. The number of carbonyl (C=O) groups is 2. The van der Waals surface area contributed by atoms with Gasteiger partial charge in [0.1, 0.15) is 5.82 Å². The van der Waals surface area contributed by atoms with E-state index in [4.69, 9.17) is 0 Å². The van der Waals surface area contributed by atoms with Crippen molar-refractivity contribution in [2.45, 2.75) is 33.1 Å². The molecule has 2 amide bonds. The Labute approximate surface area is 187 Å². The topological polar surface area (TPSA) is 67.2 Å². The number of nitrogens with one attached hydrogen (secondary N) is 1. The smallest absolute Gasteiger partial charge is 0.227 e. The molecule has 0 spiro atoms. The van der Waals surface area contributed by atoms with Crippen LogP contribution in [-0.2, 0) is 16.0 Å². The molecule has 32 heavy (non-hydrogen) atoms. The monoisotopic (exact) mass is 434 g/mol. The van der Waals surface area contributed by atoms with Crippen LogP contribution in [0.15, 0.2) is 54.7 Å². The van der Waals surface area contributed by atoms with E-state index in [1.165, 1.54) is 11.0 Å². The number of anilines is 1. The van der Waals surface area contributed by atoms with Gasteiger partial charge in [-0.1, -0.05) is 24.3 Å². The summed E-state index contributed by atoms with van der Waals surface area (Å²) < 4.78 is 16.1. The van der Waals surface area contributed by atoms with Crippen LogP contribution in [0.3, 0.4) is 0 Å². The van der Waals surface area contributed by atoms with Gasteiger partial charge < -0.3 is 10.2 Å². The predicted molar refractivity (Wildman–Crippen MR) is 121 cm³/mol. The molecule has 1 N–H and O–H groups in total. The molecule has 7 heteroatoms. The second-order valence-corrected chi connectivity index (χ2v) is 8.27. The molecule has 3 aromatic rings. The SMILES string of the molecule is Cc1ccc(N2CC(C(=O)NCCCc3cn(-c4ccccc4)nc3C)CC2=O)c(F)c1. The number of aryl methyl sites for hydroxylation is 3. The first-order chi connectivity index (χ1) is 15.4. The van der Waals surface area contributed by atoms with Gasteiger partial charge in [0.05, 0.1) is 23.0 Å².